The van der Waals surface area contributed by atoms with Gasteiger partial charge in [-0.25, -0.2) is 4.98 Å². The summed E-state index contributed by atoms with van der Waals surface area (Å²) in [7, 11) is 0. The summed E-state index contributed by atoms with van der Waals surface area (Å²) in [5.74, 6) is -1.99. The second kappa shape index (κ2) is 19.0. The molecule has 0 bridgehead atoms. The first-order valence-electron chi connectivity index (χ1n) is 22.8. The van der Waals surface area contributed by atoms with Crippen molar-refractivity contribution in [3.05, 3.63) is 130 Å². The summed E-state index contributed by atoms with van der Waals surface area (Å²) >= 11 is 0. The van der Waals surface area contributed by atoms with Gasteiger partial charge in [-0.15, -0.1) is 0 Å². The number of piperidine rings is 2. The minimum absolute atomic E-state index is 0.0299. The first-order chi connectivity index (χ1) is 31.6. The SMILES string of the molecule is CCc1cc2ncc(CN3CCN(c4ccc(C(=O)NC5CCC5)nc4)CC3)cc2[nH]c1=O.O=C1CCC(N2C(=O)c3ccc(N4CCC(N5C=CC=CC=C5)CC4)cc3C2=O)C(=O)N1. The lowest BCUT2D eigenvalue weighted by atomic mass is 9.93. The number of pyridine rings is 3. The number of piperazine rings is 1. The van der Waals surface area contributed by atoms with E-state index in [0.29, 0.717) is 35.3 Å². The van der Waals surface area contributed by atoms with Gasteiger partial charge in [-0.1, -0.05) is 19.1 Å². The molecular formula is C49H54N10O6. The van der Waals surface area contributed by atoms with Gasteiger partial charge in [0.25, 0.3) is 23.3 Å². The Morgan fingerprint density at radius 1 is 0.754 bits per heavy atom. The molecule has 16 nitrogen and oxygen atoms in total. The molecule has 8 heterocycles. The Balaban J connectivity index is 0.000000164. The maximum absolute atomic E-state index is 13.1. The number of amides is 5. The second-order valence-electron chi connectivity index (χ2n) is 17.4. The Bertz CT molecular complexity index is 2620. The summed E-state index contributed by atoms with van der Waals surface area (Å²) in [5.41, 5.74) is 6.52. The van der Waals surface area contributed by atoms with Gasteiger partial charge in [-0.3, -0.25) is 48.9 Å². The molecule has 5 amide bonds. The molecule has 16 heteroatoms. The van der Waals surface area contributed by atoms with E-state index in [-0.39, 0.29) is 30.2 Å². The number of aromatic amines is 1. The van der Waals surface area contributed by atoms with Crippen LogP contribution in [-0.2, 0) is 22.6 Å². The molecule has 3 aromatic heterocycles. The van der Waals surface area contributed by atoms with Crippen molar-refractivity contribution in [2.75, 3.05) is 49.1 Å². The van der Waals surface area contributed by atoms with Crippen LogP contribution in [0.25, 0.3) is 11.0 Å². The molecule has 3 N–H and O–H groups in total. The number of aryl methyl sites for hydroxylation is 1. The largest absolute Gasteiger partial charge is 0.371 e. The Morgan fingerprint density at radius 2 is 1.48 bits per heavy atom. The van der Waals surface area contributed by atoms with Gasteiger partial charge in [0.05, 0.1) is 34.0 Å². The summed E-state index contributed by atoms with van der Waals surface area (Å²) in [4.78, 5) is 96.1. The van der Waals surface area contributed by atoms with Crippen LogP contribution in [0, 0.1) is 0 Å². The fourth-order valence-electron chi connectivity index (χ4n) is 9.26. The molecule has 5 aliphatic heterocycles. The summed E-state index contributed by atoms with van der Waals surface area (Å²) < 4.78 is 0. The van der Waals surface area contributed by atoms with Gasteiger partial charge in [-0.05, 0) is 105 Å². The van der Waals surface area contributed by atoms with Crippen LogP contribution in [0.1, 0.15) is 94.2 Å². The molecular weight excluding hydrogens is 825 g/mol. The minimum Gasteiger partial charge on any atom is -0.371 e. The van der Waals surface area contributed by atoms with E-state index in [0.717, 1.165) is 110 Å². The third-order valence-corrected chi connectivity index (χ3v) is 13.3. The number of rotatable bonds is 9. The van der Waals surface area contributed by atoms with Crippen LogP contribution in [0.15, 0.2) is 96.4 Å². The summed E-state index contributed by atoms with van der Waals surface area (Å²) in [6, 6.07) is 12.8. The van der Waals surface area contributed by atoms with Crippen molar-refractivity contribution in [1.29, 1.82) is 0 Å². The van der Waals surface area contributed by atoms with E-state index < -0.39 is 23.8 Å². The highest BCUT2D eigenvalue weighted by molar-refractivity contribution is 6.23. The number of nitrogens with one attached hydrogen (secondary N) is 3. The molecule has 0 spiro atoms. The molecule has 6 aliphatic rings. The number of hydrogen-bond acceptors (Lipinski definition) is 12. The van der Waals surface area contributed by atoms with E-state index in [1.54, 1.807) is 18.3 Å². The minimum atomic E-state index is -0.941. The summed E-state index contributed by atoms with van der Waals surface area (Å²) in [5, 5.41) is 5.26. The zero-order chi connectivity index (χ0) is 45.0. The maximum Gasteiger partial charge on any atom is 0.270 e. The van der Waals surface area contributed by atoms with Gasteiger partial charge in [0, 0.05) is 94.2 Å². The van der Waals surface area contributed by atoms with E-state index in [1.807, 2.05) is 67.8 Å². The third kappa shape index (κ3) is 9.48. The summed E-state index contributed by atoms with van der Waals surface area (Å²) in [6.07, 6.45) is 22.2. The lowest BCUT2D eigenvalue weighted by Crippen LogP contribution is -2.54. The van der Waals surface area contributed by atoms with Gasteiger partial charge < -0.3 is 25.0 Å². The third-order valence-electron chi connectivity index (χ3n) is 13.3. The number of imide groups is 2. The molecule has 1 aromatic carbocycles. The number of allylic oxidation sites excluding steroid dienone is 4. The maximum atomic E-state index is 13.1. The molecule has 3 saturated heterocycles. The van der Waals surface area contributed by atoms with Crippen LogP contribution in [-0.4, -0.2) is 117 Å². The summed E-state index contributed by atoms with van der Waals surface area (Å²) in [6.45, 7) is 8.09. The number of benzene rings is 1. The Hall–Kier alpha value is -6.94. The molecule has 1 unspecified atom stereocenters. The van der Waals surface area contributed by atoms with Crippen molar-refractivity contribution >= 4 is 51.9 Å². The number of carbonyl (C=O) groups is 5. The Labute approximate surface area is 377 Å². The highest BCUT2D eigenvalue weighted by atomic mass is 16.2. The number of anilines is 2. The average Bonchev–Trinajstić information content (AvgIpc) is 3.45. The van der Waals surface area contributed by atoms with E-state index >= 15 is 0 Å². The van der Waals surface area contributed by atoms with Gasteiger partial charge in [-0.2, -0.15) is 0 Å². The van der Waals surface area contributed by atoms with E-state index in [1.165, 1.54) is 6.42 Å². The fourth-order valence-corrected chi connectivity index (χ4v) is 9.26. The van der Waals surface area contributed by atoms with Crippen molar-refractivity contribution in [3.63, 3.8) is 0 Å². The first-order valence-corrected chi connectivity index (χ1v) is 22.8. The van der Waals surface area contributed by atoms with Crippen molar-refractivity contribution < 1.29 is 24.0 Å². The molecule has 4 aromatic rings. The predicted octanol–water partition coefficient (Wildman–Crippen LogP) is 4.44. The normalized spacial score (nSPS) is 20.4. The highest BCUT2D eigenvalue weighted by Gasteiger charge is 2.45. The van der Waals surface area contributed by atoms with Gasteiger partial charge in [0.2, 0.25) is 11.8 Å². The zero-order valence-electron chi connectivity index (χ0n) is 36.6. The van der Waals surface area contributed by atoms with Crippen LogP contribution in [0.5, 0.6) is 0 Å². The number of fused-ring (bicyclic) bond motifs is 2. The van der Waals surface area contributed by atoms with Crippen LogP contribution in [0.4, 0.5) is 11.4 Å². The fraction of sp³-hybridized carbons (Fsp3) is 0.388. The number of hydrogen-bond donors (Lipinski definition) is 3. The van der Waals surface area contributed by atoms with Gasteiger partial charge in [0.1, 0.15) is 11.7 Å². The lowest BCUT2D eigenvalue weighted by molar-refractivity contribution is -0.136. The Kier molecular flexibility index (Phi) is 12.7. The monoisotopic (exact) mass is 878 g/mol. The van der Waals surface area contributed by atoms with E-state index in [4.69, 9.17) is 0 Å². The standard InChI is InChI=1S/C25H30N6O2.C24H24N4O4/c1-2-18-13-22-23(29-24(18)32)12-17(14-26-22)16-30-8-10-31(11-9-30)20-6-7-21(27-15-20)25(33)28-19-4-3-5-19;29-21-8-7-20(22(30)25-21)28-23(31)18-6-5-17(15-19(18)24(28)32)27-13-9-16(10-14-27)26-11-3-1-2-4-12-26/h6-7,12-15,19H,2-5,8-11,16H2,1H3,(H,28,33)(H,29,32);1-6,11-12,15-16,20H,7-10,13-14H2,(H,25,29,30). The van der Waals surface area contributed by atoms with Crippen molar-refractivity contribution in [1.82, 2.24) is 40.3 Å². The van der Waals surface area contributed by atoms with Crippen LogP contribution < -0.4 is 26.0 Å². The van der Waals surface area contributed by atoms with Crippen LogP contribution in [0.2, 0.25) is 0 Å². The Morgan fingerprint density at radius 3 is 2.15 bits per heavy atom. The molecule has 0 radical (unpaired) electrons. The number of aromatic nitrogens is 3. The molecule has 1 aliphatic carbocycles. The number of nitrogens with zero attached hydrogens (tertiary/aromatic N) is 7. The smallest absolute Gasteiger partial charge is 0.270 e. The van der Waals surface area contributed by atoms with E-state index in [2.05, 4.69) is 57.6 Å². The van der Waals surface area contributed by atoms with Crippen molar-refractivity contribution in [3.8, 4) is 0 Å². The average molecular weight is 879 g/mol. The molecule has 65 heavy (non-hydrogen) atoms. The van der Waals surface area contributed by atoms with E-state index in [9.17, 15) is 28.8 Å². The number of carbonyl (C=O) groups excluding carboxylic acids is 5. The molecule has 1 saturated carbocycles. The first kappa shape index (κ1) is 43.3. The van der Waals surface area contributed by atoms with Gasteiger partial charge in [0.15, 0.2) is 0 Å². The van der Waals surface area contributed by atoms with Crippen molar-refractivity contribution in [2.45, 2.75) is 83.0 Å². The highest BCUT2D eigenvalue weighted by Crippen LogP contribution is 2.32. The molecule has 4 fully saturated rings. The topological polar surface area (TPSA) is 184 Å². The molecule has 336 valence electrons. The predicted molar refractivity (Wildman–Crippen MR) is 246 cm³/mol. The molecule has 1 atom stereocenters. The quantitative estimate of drug-likeness (QED) is 0.201. The lowest BCUT2D eigenvalue weighted by Gasteiger charge is -2.37. The van der Waals surface area contributed by atoms with Crippen LogP contribution in [0.3, 0.4) is 0 Å². The molecule has 10 rings (SSSR count). The van der Waals surface area contributed by atoms with Crippen molar-refractivity contribution in [2.24, 2.45) is 0 Å². The number of H-pyrrole nitrogens is 1. The zero-order valence-corrected chi connectivity index (χ0v) is 36.6. The second-order valence-corrected chi connectivity index (χ2v) is 17.4. The van der Waals surface area contributed by atoms with Gasteiger partial charge >= 0.3 is 0 Å². The van der Waals surface area contributed by atoms with Crippen LogP contribution >= 0.6 is 0 Å².